The number of benzene rings is 2. The van der Waals surface area contributed by atoms with Crippen molar-refractivity contribution >= 4 is 33.0 Å². The zero-order chi connectivity index (χ0) is 17.7. The largest absolute Gasteiger partial charge is 0.326 e. The van der Waals surface area contributed by atoms with Crippen LogP contribution in [0.2, 0.25) is 5.02 Å². The average Bonchev–Trinajstić information content (AvgIpc) is 2.46. The number of carbonyl (C=O) groups excluding carboxylic acids is 1. The third-order valence-electron chi connectivity index (χ3n) is 3.42. The molecule has 2 aromatic rings. The molecule has 0 heterocycles. The van der Waals surface area contributed by atoms with Gasteiger partial charge in [0.1, 0.15) is 6.54 Å². The lowest BCUT2D eigenvalue weighted by Crippen LogP contribution is -3.08. The molecule has 0 aromatic heterocycles. The smallest absolute Gasteiger partial charge is 0.279 e. The molecule has 5 nitrogen and oxygen atoms in total. The van der Waals surface area contributed by atoms with Crippen molar-refractivity contribution in [1.82, 2.24) is 0 Å². The topological polar surface area (TPSA) is 67.7 Å². The van der Waals surface area contributed by atoms with Crippen LogP contribution in [0.15, 0.2) is 53.4 Å². The quantitative estimate of drug-likeness (QED) is 0.811. The summed E-state index contributed by atoms with van der Waals surface area (Å²) in [5.41, 5.74) is 1.34. The Labute approximate surface area is 147 Å². The number of anilines is 1. The molecule has 1 amide bonds. The Morgan fingerprint density at radius 3 is 2.54 bits per heavy atom. The molecule has 1 atom stereocenters. The normalized spacial score (nSPS) is 12.6. The Bertz CT molecular complexity index is 837. The highest BCUT2D eigenvalue weighted by atomic mass is 35.5. The highest BCUT2D eigenvalue weighted by Crippen LogP contribution is 2.20. The van der Waals surface area contributed by atoms with Crippen LogP contribution in [-0.4, -0.2) is 34.2 Å². The molecule has 0 fully saturated rings. The molecular formula is C17H20ClN2O3S+. The summed E-state index contributed by atoms with van der Waals surface area (Å²) < 4.78 is 23.5. The van der Waals surface area contributed by atoms with Crippen LogP contribution in [-0.2, 0) is 21.2 Å². The third kappa shape index (κ3) is 5.33. The predicted octanol–water partition coefficient (Wildman–Crippen LogP) is 1.40. The first-order chi connectivity index (χ1) is 11.3. The van der Waals surface area contributed by atoms with E-state index in [4.69, 9.17) is 11.6 Å². The summed E-state index contributed by atoms with van der Waals surface area (Å²) in [5.74, 6) is -0.245. The fraction of sp³-hybridized carbons (Fsp3) is 0.235. The van der Waals surface area contributed by atoms with E-state index >= 15 is 0 Å². The molecule has 2 rings (SSSR count). The van der Waals surface area contributed by atoms with Crippen molar-refractivity contribution in [2.75, 3.05) is 25.2 Å². The second kappa shape index (κ2) is 7.79. The molecule has 0 spiro atoms. The van der Waals surface area contributed by atoms with Gasteiger partial charge in [-0.15, -0.1) is 0 Å². The molecule has 0 aliphatic carbocycles. The molecule has 0 aliphatic rings. The average molecular weight is 368 g/mol. The van der Waals surface area contributed by atoms with E-state index in [2.05, 4.69) is 5.32 Å². The van der Waals surface area contributed by atoms with Crippen molar-refractivity contribution < 1.29 is 18.1 Å². The van der Waals surface area contributed by atoms with E-state index in [-0.39, 0.29) is 17.3 Å². The molecule has 0 aliphatic heterocycles. The first-order valence-electron chi connectivity index (χ1n) is 7.40. The van der Waals surface area contributed by atoms with Gasteiger partial charge in [-0.05, 0) is 24.3 Å². The van der Waals surface area contributed by atoms with Crippen molar-refractivity contribution in [2.24, 2.45) is 0 Å². The minimum Gasteiger partial charge on any atom is -0.326 e. The monoisotopic (exact) mass is 367 g/mol. The van der Waals surface area contributed by atoms with Gasteiger partial charge < -0.3 is 10.2 Å². The first-order valence-corrected chi connectivity index (χ1v) is 9.67. The van der Waals surface area contributed by atoms with E-state index in [1.54, 1.807) is 24.3 Å². The number of likely N-dealkylation sites (N-methyl/N-ethyl adjacent to an activating group) is 1. The molecule has 0 bridgehead atoms. The maximum atomic E-state index is 12.2. The van der Waals surface area contributed by atoms with Crippen molar-refractivity contribution in [3.8, 4) is 0 Å². The summed E-state index contributed by atoms with van der Waals surface area (Å²) in [6.07, 6.45) is 1.12. The lowest BCUT2D eigenvalue weighted by molar-refractivity contribution is -0.885. The maximum Gasteiger partial charge on any atom is 0.279 e. The van der Waals surface area contributed by atoms with Gasteiger partial charge in [-0.1, -0.05) is 35.9 Å². The van der Waals surface area contributed by atoms with Crippen LogP contribution in [0, 0.1) is 0 Å². The Morgan fingerprint density at radius 1 is 1.17 bits per heavy atom. The van der Waals surface area contributed by atoms with Gasteiger partial charge in [0.25, 0.3) is 5.91 Å². The number of carbonyl (C=O) groups is 1. The zero-order valence-corrected chi connectivity index (χ0v) is 15.1. The summed E-state index contributed by atoms with van der Waals surface area (Å²) >= 11 is 5.96. The molecule has 2 N–H and O–H groups in total. The number of sulfone groups is 1. The Hall–Kier alpha value is -1.89. The number of hydrogen-bond donors (Lipinski definition) is 2. The van der Waals surface area contributed by atoms with E-state index < -0.39 is 9.84 Å². The fourth-order valence-electron chi connectivity index (χ4n) is 2.42. The SMILES string of the molecule is C[NH+](CC(=O)Nc1ccccc1S(C)(=O)=O)Cc1cccc(Cl)c1. The summed E-state index contributed by atoms with van der Waals surface area (Å²) in [5, 5.41) is 3.34. The molecule has 0 saturated carbocycles. The molecule has 1 unspecified atom stereocenters. The zero-order valence-electron chi connectivity index (χ0n) is 13.5. The number of nitrogens with one attached hydrogen (secondary N) is 2. The lowest BCUT2D eigenvalue weighted by atomic mass is 10.2. The Balaban J connectivity index is 2.01. The minimum atomic E-state index is -3.40. The molecule has 0 saturated heterocycles. The Kier molecular flexibility index (Phi) is 5.99. The highest BCUT2D eigenvalue weighted by Gasteiger charge is 2.16. The Morgan fingerprint density at radius 2 is 1.88 bits per heavy atom. The van der Waals surface area contributed by atoms with Crippen LogP contribution in [0.5, 0.6) is 0 Å². The van der Waals surface area contributed by atoms with Crippen molar-refractivity contribution in [3.05, 3.63) is 59.1 Å². The van der Waals surface area contributed by atoms with Crippen LogP contribution < -0.4 is 10.2 Å². The number of halogens is 1. The molecule has 7 heteroatoms. The number of amides is 1. The highest BCUT2D eigenvalue weighted by molar-refractivity contribution is 7.90. The van der Waals surface area contributed by atoms with Gasteiger partial charge in [-0.25, -0.2) is 8.42 Å². The molecule has 128 valence electrons. The van der Waals surface area contributed by atoms with E-state index in [0.717, 1.165) is 16.7 Å². The van der Waals surface area contributed by atoms with E-state index in [1.165, 1.54) is 6.07 Å². The van der Waals surface area contributed by atoms with Crippen molar-refractivity contribution in [1.29, 1.82) is 0 Å². The van der Waals surface area contributed by atoms with E-state index in [0.29, 0.717) is 17.3 Å². The van der Waals surface area contributed by atoms with Crippen LogP contribution >= 0.6 is 11.6 Å². The maximum absolute atomic E-state index is 12.2. The third-order valence-corrected chi connectivity index (χ3v) is 4.81. The van der Waals surface area contributed by atoms with Gasteiger partial charge in [0, 0.05) is 16.8 Å². The molecule has 24 heavy (non-hydrogen) atoms. The van der Waals surface area contributed by atoms with Gasteiger partial charge >= 0.3 is 0 Å². The first kappa shape index (κ1) is 18.4. The van der Waals surface area contributed by atoms with E-state index in [9.17, 15) is 13.2 Å². The second-order valence-electron chi connectivity index (χ2n) is 5.76. The van der Waals surface area contributed by atoms with Crippen molar-refractivity contribution in [3.63, 3.8) is 0 Å². The van der Waals surface area contributed by atoms with Gasteiger partial charge in [-0.2, -0.15) is 0 Å². The van der Waals surface area contributed by atoms with Crippen molar-refractivity contribution in [2.45, 2.75) is 11.4 Å². The van der Waals surface area contributed by atoms with Gasteiger partial charge in [0.05, 0.1) is 17.6 Å². The second-order valence-corrected chi connectivity index (χ2v) is 8.18. The number of para-hydroxylation sites is 1. The fourth-order valence-corrected chi connectivity index (χ4v) is 3.48. The van der Waals surface area contributed by atoms with Crippen LogP contribution in [0.4, 0.5) is 5.69 Å². The molecular weight excluding hydrogens is 348 g/mol. The molecule has 2 aromatic carbocycles. The minimum absolute atomic E-state index is 0.117. The van der Waals surface area contributed by atoms with Gasteiger partial charge in [-0.3, -0.25) is 4.79 Å². The summed E-state index contributed by atoms with van der Waals surface area (Å²) in [7, 11) is -1.51. The summed E-state index contributed by atoms with van der Waals surface area (Å²) in [4.78, 5) is 13.3. The number of rotatable bonds is 6. The van der Waals surface area contributed by atoms with Crippen LogP contribution in [0.25, 0.3) is 0 Å². The summed E-state index contributed by atoms with van der Waals surface area (Å²) in [6.45, 7) is 0.853. The standard InChI is InChI=1S/C17H19ClN2O3S/c1-20(11-13-6-5-7-14(18)10-13)12-17(21)19-15-8-3-4-9-16(15)24(2,22)23/h3-10H,11-12H2,1-2H3,(H,19,21)/p+1. The number of quaternary nitrogens is 1. The lowest BCUT2D eigenvalue weighted by Gasteiger charge is -2.15. The van der Waals surface area contributed by atoms with Gasteiger partial charge in [0.2, 0.25) is 0 Å². The van der Waals surface area contributed by atoms with Crippen LogP contribution in [0.1, 0.15) is 5.56 Å². The predicted molar refractivity (Wildman–Crippen MR) is 95.1 cm³/mol. The van der Waals surface area contributed by atoms with E-state index in [1.807, 2.05) is 25.2 Å². The molecule has 0 radical (unpaired) electrons. The van der Waals surface area contributed by atoms with Gasteiger partial charge in [0.15, 0.2) is 16.4 Å². The number of hydrogen-bond acceptors (Lipinski definition) is 3. The summed E-state index contributed by atoms with van der Waals surface area (Å²) in [6, 6.07) is 13.9. The van der Waals surface area contributed by atoms with Crippen LogP contribution in [0.3, 0.4) is 0 Å².